The molecule has 18 heteroatoms. The van der Waals surface area contributed by atoms with Crippen LogP contribution in [0.2, 0.25) is 10.0 Å². The van der Waals surface area contributed by atoms with Gasteiger partial charge in [0.1, 0.15) is 23.3 Å². The second-order valence-corrected chi connectivity index (χ2v) is 13.2. The Morgan fingerprint density at radius 1 is 0.460 bits per heavy atom. The molecular weight excluding hydrogens is 871 g/mol. The summed E-state index contributed by atoms with van der Waals surface area (Å²) in [7, 11) is 4.83. The topological polar surface area (TPSA) is 157 Å². The maximum Gasteiger partial charge on any atom is 0.340 e. The molecule has 0 atom stereocenters. The molecule has 0 fully saturated rings. The summed E-state index contributed by atoms with van der Waals surface area (Å²) in [6, 6.07) is 20.7. The maximum atomic E-state index is 13.9. The van der Waals surface area contributed by atoms with E-state index in [0.29, 0.717) is 48.3 Å². The van der Waals surface area contributed by atoms with Crippen molar-refractivity contribution in [2.45, 2.75) is 7.43 Å². The van der Waals surface area contributed by atoms with Crippen LogP contribution in [0.5, 0.6) is 0 Å². The van der Waals surface area contributed by atoms with Crippen molar-refractivity contribution in [3.63, 3.8) is 0 Å². The van der Waals surface area contributed by atoms with E-state index in [4.69, 9.17) is 23.2 Å². The fourth-order valence-corrected chi connectivity index (χ4v) is 5.87. The first-order chi connectivity index (χ1) is 29.7. The lowest BCUT2D eigenvalue weighted by Crippen LogP contribution is -2.04. The van der Waals surface area contributed by atoms with Crippen LogP contribution in [0.3, 0.4) is 0 Å². The van der Waals surface area contributed by atoms with Gasteiger partial charge in [-0.3, -0.25) is 19.9 Å². The zero-order chi connectivity index (χ0) is 45.1. The zero-order valence-corrected chi connectivity index (χ0v) is 34.2. The van der Waals surface area contributed by atoms with Crippen LogP contribution in [0.4, 0.5) is 17.6 Å². The van der Waals surface area contributed by atoms with E-state index in [0.717, 1.165) is 0 Å². The maximum absolute atomic E-state index is 13.9. The molecule has 0 amide bonds. The Kier molecular flexibility index (Phi) is 16.9. The Labute approximate surface area is 366 Å². The van der Waals surface area contributed by atoms with E-state index in [-0.39, 0.29) is 35.1 Å². The van der Waals surface area contributed by atoms with E-state index in [1.807, 2.05) is 0 Å². The molecule has 0 aliphatic heterocycles. The van der Waals surface area contributed by atoms with Crippen molar-refractivity contribution in [2.75, 3.05) is 28.4 Å². The highest BCUT2D eigenvalue weighted by Gasteiger charge is 2.17. The molecule has 0 radical (unpaired) electrons. The third kappa shape index (κ3) is 11.5. The fraction of sp³-hybridized carbons (Fsp3) is 0.111. The van der Waals surface area contributed by atoms with Gasteiger partial charge in [0.25, 0.3) is 0 Å². The summed E-state index contributed by atoms with van der Waals surface area (Å²) in [6.45, 7) is 0. The Morgan fingerprint density at radius 2 is 0.873 bits per heavy atom. The number of rotatable bonds is 4. The highest BCUT2D eigenvalue weighted by atomic mass is 35.5. The Morgan fingerprint density at radius 3 is 1.41 bits per heavy atom. The van der Waals surface area contributed by atoms with Gasteiger partial charge in [-0.05, 0) is 66.7 Å². The molecule has 8 aromatic rings. The number of carbonyl (C=O) groups excluding carboxylic acids is 4. The van der Waals surface area contributed by atoms with E-state index in [1.54, 1.807) is 54.9 Å². The van der Waals surface area contributed by atoms with Crippen LogP contribution in [-0.4, -0.2) is 72.3 Å². The van der Waals surface area contributed by atoms with Gasteiger partial charge < -0.3 is 18.9 Å². The number of hydrogen-bond acceptors (Lipinski definition) is 12. The van der Waals surface area contributed by atoms with Crippen LogP contribution in [0.1, 0.15) is 48.9 Å². The Bertz CT molecular complexity index is 2960. The molecule has 4 aromatic carbocycles. The van der Waals surface area contributed by atoms with Gasteiger partial charge in [-0.2, -0.15) is 0 Å². The molecule has 63 heavy (non-hydrogen) atoms. The number of ether oxygens (including phenoxy) is 4. The molecule has 324 valence electrons. The molecule has 0 bridgehead atoms. The normalized spacial score (nSPS) is 10.2. The first kappa shape index (κ1) is 48.4. The SMILES string of the molecule is C.COC(=O)c1cc2cc(Cl)cnc2cc1F.COC(=O)c1cc2cccnc2cc1F.COC(=O)c1ccc2ncc(Cl)cc2c1F.COC(=O)c1ccc2ncccc2c1F. The van der Waals surface area contributed by atoms with Crippen molar-refractivity contribution in [3.05, 3.63) is 165 Å². The van der Waals surface area contributed by atoms with Gasteiger partial charge in [0, 0.05) is 58.5 Å². The summed E-state index contributed by atoms with van der Waals surface area (Å²) in [5, 5.41) is 2.56. The van der Waals surface area contributed by atoms with Crippen LogP contribution in [0, 0.1) is 23.3 Å². The predicted octanol–water partition coefficient (Wildman–Crippen LogP) is 10.6. The van der Waals surface area contributed by atoms with E-state index in [2.05, 4.69) is 38.9 Å². The smallest absolute Gasteiger partial charge is 0.340 e. The van der Waals surface area contributed by atoms with Crippen molar-refractivity contribution in [1.29, 1.82) is 0 Å². The van der Waals surface area contributed by atoms with E-state index >= 15 is 0 Å². The van der Waals surface area contributed by atoms with Gasteiger partial charge in [-0.1, -0.05) is 36.7 Å². The summed E-state index contributed by atoms with van der Waals surface area (Å²) in [5.41, 5.74) is 1.52. The van der Waals surface area contributed by atoms with Gasteiger partial charge in [0.2, 0.25) is 0 Å². The van der Waals surface area contributed by atoms with Crippen LogP contribution in [-0.2, 0) is 18.9 Å². The second kappa shape index (κ2) is 22.0. The van der Waals surface area contributed by atoms with Gasteiger partial charge >= 0.3 is 23.9 Å². The lowest BCUT2D eigenvalue weighted by Gasteiger charge is -2.04. The average Bonchev–Trinajstić information content (AvgIpc) is 3.28. The molecule has 0 saturated heterocycles. The summed E-state index contributed by atoms with van der Waals surface area (Å²) in [6.07, 6.45) is 5.97. The third-order valence-corrected chi connectivity index (χ3v) is 8.95. The van der Waals surface area contributed by atoms with Crippen molar-refractivity contribution >= 4 is 90.7 Å². The molecule has 8 rings (SSSR count). The first-order valence-electron chi connectivity index (χ1n) is 17.6. The second-order valence-electron chi connectivity index (χ2n) is 12.3. The molecule has 0 aliphatic rings. The molecule has 0 N–H and O–H groups in total. The predicted molar refractivity (Wildman–Crippen MR) is 229 cm³/mol. The Hall–Kier alpha value is -7.30. The number of carbonyl (C=O) groups is 4. The minimum Gasteiger partial charge on any atom is -0.465 e. The van der Waals surface area contributed by atoms with Gasteiger partial charge in [-0.15, -0.1) is 0 Å². The van der Waals surface area contributed by atoms with Crippen molar-refractivity contribution in [3.8, 4) is 0 Å². The number of aromatic nitrogens is 4. The molecule has 0 spiro atoms. The molecule has 12 nitrogen and oxygen atoms in total. The van der Waals surface area contributed by atoms with E-state index in [1.165, 1.54) is 83.3 Å². The van der Waals surface area contributed by atoms with Gasteiger partial charge in [0.05, 0.1) is 82.8 Å². The largest absolute Gasteiger partial charge is 0.465 e. The quantitative estimate of drug-likeness (QED) is 0.0937. The molecule has 0 aliphatic carbocycles. The number of nitrogens with zero attached hydrogens (tertiary/aromatic N) is 4. The molecular formula is C45H34Cl2F4N4O8. The summed E-state index contributed by atoms with van der Waals surface area (Å²) >= 11 is 11.5. The lowest BCUT2D eigenvalue weighted by atomic mass is 10.1. The minimum atomic E-state index is -0.723. The van der Waals surface area contributed by atoms with Gasteiger partial charge in [0.15, 0.2) is 0 Å². The van der Waals surface area contributed by atoms with E-state index in [9.17, 15) is 36.7 Å². The molecule has 4 heterocycles. The number of pyridine rings is 4. The van der Waals surface area contributed by atoms with Crippen LogP contribution < -0.4 is 0 Å². The molecule has 0 saturated carbocycles. The van der Waals surface area contributed by atoms with Crippen LogP contribution in [0.15, 0.2) is 110 Å². The van der Waals surface area contributed by atoms with Gasteiger partial charge in [-0.25, -0.2) is 36.7 Å². The van der Waals surface area contributed by atoms with E-state index < -0.39 is 47.1 Å². The Balaban J connectivity index is 0.000000183. The standard InChI is InChI=1S/2C11H7ClFNO2.2C11H8FNO2.CH4/c1-16-11(15)8-3-6-2-7(12)5-14-10(6)4-9(8)13;1-16-11(15)7-2-3-9-8(10(7)13)4-6(12)5-14-9;1-15-11(14)8-4-5-9-7(10(8)12)3-2-6-13-9;1-15-11(14)8-5-7-3-2-4-13-10(7)6-9(8)12;/h2*2-5H,1H3;2*2-6H,1H3;1H4. The van der Waals surface area contributed by atoms with Crippen LogP contribution >= 0.6 is 23.2 Å². The third-order valence-electron chi connectivity index (χ3n) is 8.54. The summed E-state index contributed by atoms with van der Waals surface area (Å²) < 4.78 is 72.4. The molecule has 0 unspecified atom stereocenters. The molecule has 4 aromatic heterocycles. The number of halogens is 6. The van der Waals surface area contributed by atoms with Crippen molar-refractivity contribution < 1.29 is 55.7 Å². The van der Waals surface area contributed by atoms with Crippen molar-refractivity contribution in [1.82, 2.24) is 19.9 Å². The van der Waals surface area contributed by atoms with Crippen LogP contribution in [0.25, 0.3) is 43.6 Å². The first-order valence-corrected chi connectivity index (χ1v) is 18.4. The zero-order valence-electron chi connectivity index (χ0n) is 32.7. The highest BCUT2D eigenvalue weighted by molar-refractivity contribution is 6.31. The average molecular weight is 906 g/mol. The highest BCUT2D eigenvalue weighted by Crippen LogP contribution is 2.24. The number of hydrogen-bond donors (Lipinski definition) is 0. The summed E-state index contributed by atoms with van der Waals surface area (Å²) in [4.78, 5) is 60.7. The fourth-order valence-electron chi connectivity index (χ4n) is 5.54. The number of benzene rings is 4. The lowest BCUT2D eigenvalue weighted by molar-refractivity contribution is 0.0586. The monoisotopic (exact) mass is 904 g/mol. The minimum absolute atomic E-state index is 0. The number of esters is 4. The number of fused-ring (bicyclic) bond motifs is 4. The number of methoxy groups -OCH3 is 4. The van der Waals surface area contributed by atoms with Crippen molar-refractivity contribution in [2.24, 2.45) is 0 Å². The summed E-state index contributed by atoms with van der Waals surface area (Å²) in [5.74, 6) is -5.34.